The van der Waals surface area contributed by atoms with Gasteiger partial charge in [0.15, 0.2) is 0 Å². The molecule has 76 valence electrons. The van der Waals surface area contributed by atoms with Gasteiger partial charge in [0.05, 0.1) is 0 Å². The van der Waals surface area contributed by atoms with Crippen LogP contribution in [0.2, 0.25) is 0 Å². The molecule has 1 rings (SSSR count). The van der Waals surface area contributed by atoms with E-state index in [0.29, 0.717) is 0 Å². The summed E-state index contributed by atoms with van der Waals surface area (Å²) in [6.07, 6.45) is 1.69. The summed E-state index contributed by atoms with van der Waals surface area (Å²) in [7, 11) is 0. The normalized spacial score (nSPS) is 12.6. The van der Waals surface area contributed by atoms with E-state index >= 15 is 0 Å². The van der Waals surface area contributed by atoms with Gasteiger partial charge in [-0.05, 0) is 36.1 Å². The Kier molecular flexibility index (Phi) is 4.15. The Morgan fingerprint density at radius 1 is 1.14 bits per heavy atom. The van der Waals surface area contributed by atoms with Gasteiger partial charge in [-0.3, -0.25) is 0 Å². The molecule has 0 amide bonds. The minimum atomic E-state index is -0.211. The predicted molar refractivity (Wildman–Crippen MR) is 59.8 cm³/mol. The fourth-order valence-electron chi connectivity index (χ4n) is 1.42. The molecule has 0 heterocycles. The molecule has 1 aromatic carbocycles. The van der Waals surface area contributed by atoms with Crippen LogP contribution in [0.25, 0.3) is 5.57 Å². The molecule has 0 aliphatic rings. The van der Waals surface area contributed by atoms with Gasteiger partial charge in [-0.25, -0.2) is 4.39 Å². The molecule has 0 bridgehead atoms. The molecule has 0 nitrogen and oxygen atoms in total. The Morgan fingerprint density at radius 2 is 1.71 bits per heavy atom. The predicted octanol–water partition coefficient (Wildman–Crippen LogP) is 4.60. The van der Waals surface area contributed by atoms with E-state index in [-0.39, 0.29) is 5.82 Å². The van der Waals surface area contributed by atoms with Crippen molar-refractivity contribution in [3.05, 3.63) is 40.7 Å². The van der Waals surface area contributed by atoms with Crippen LogP contribution in [0.4, 0.5) is 4.39 Å². The maximum absolute atomic E-state index is 12.7. The van der Waals surface area contributed by atoms with E-state index in [0.717, 1.165) is 29.0 Å². The summed E-state index contributed by atoms with van der Waals surface area (Å²) < 4.78 is 12.7. The first-order valence-electron chi connectivity index (χ1n) is 4.82. The molecular formula is C12H14ClF. The highest BCUT2D eigenvalue weighted by atomic mass is 35.5. The lowest BCUT2D eigenvalue weighted by Crippen LogP contribution is -1.86. The molecule has 0 atom stereocenters. The summed E-state index contributed by atoms with van der Waals surface area (Å²) in [5.74, 6) is -0.211. The Hall–Kier alpha value is -0.820. The number of allylic oxidation sites excluding steroid dienone is 2. The second-order valence-corrected chi connectivity index (χ2v) is 3.55. The molecule has 0 spiro atoms. The lowest BCUT2D eigenvalue weighted by molar-refractivity contribution is 0.627. The second kappa shape index (κ2) is 5.16. The molecule has 0 fully saturated rings. The highest BCUT2D eigenvalue weighted by molar-refractivity contribution is 6.32. The average Bonchev–Trinajstić information content (AvgIpc) is 2.21. The fraction of sp³-hybridized carbons (Fsp3) is 0.333. The molecule has 0 aliphatic heterocycles. The fourth-order valence-corrected chi connectivity index (χ4v) is 1.66. The lowest BCUT2D eigenvalue weighted by atomic mass is 10.0. The van der Waals surface area contributed by atoms with Crippen molar-refractivity contribution in [2.45, 2.75) is 26.7 Å². The zero-order valence-electron chi connectivity index (χ0n) is 8.48. The maximum atomic E-state index is 12.7. The van der Waals surface area contributed by atoms with Crippen LogP contribution in [0.1, 0.15) is 32.3 Å². The minimum Gasteiger partial charge on any atom is -0.207 e. The molecule has 14 heavy (non-hydrogen) atoms. The molecule has 0 unspecified atom stereocenters. The number of benzene rings is 1. The van der Waals surface area contributed by atoms with Gasteiger partial charge in [0.2, 0.25) is 0 Å². The molecule has 2 heteroatoms. The van der Waals surface area contributed by atoms with E-state index in [4.69, 9.17) is 11.6 Å². The van der Waals surface area contributed by atoms with Gasteiger partial charge in [-0.15, -0.1) is 0 Å². The Bertz CT molecular complexity index is 325. The second-order valence-electron chi connectivity index (χ2n) is 3.10. The van der Waals surface area contributed by atoms with Crippen LogP contribution < -0.4 is 0 Å². The van der Waals surface area contributed by atoms with Crippen molar-refractivity contribution in [3.63, 3.8) is 0 Å². The SMILES string of the molecule is CCC(Cl)=C(CC)c1ccc(F)cc1. The quantitative estimate of drug-likeness (QED) is 0.687. The highest BCUT2D eigenvalue weighted by Gasteiger charge is 2.04. The van der Waals surface area contributed by atoms with E-state index in [1.165, 1.54) is 12.1 Å². The minimum absolute atomic E-state index is 0.211. The first kappa shape index (κ1) is 11.3. The molecule has 0 radical (unpaired) electrons. The first-order chi connectivity index (χ1) is 6.69. The van der Waals surface area contributed by atoms with Crippen molar-refractivity contribution in [3.8, 4) is 0 Å². The third kappa shape index (κ3) is 2.58. The monoisotopic (exact) mass is 212 g/mol. The number of hydrogen-bond acceptors (Lipinski definition) is 0. The topological polar surface area (TPSA) is 0 Å². The number of rotatable bonds is 3. The number of hydrogen-bond donors (Lipinski definition) is 0. The van der Waals surface area contributed by atoms with E-state index in [2.05, 4.69) is 6.92 Å². The van der Waals surface area contributed by atoms with Crippen LogP contribution in [0.3, 0.4) is 0 Å². The molecule has 1 aromatic rings. The highest BCUT2D eigenvalue weighted by Crippen LogP contribution is 2.26. The van der Waals surface area contributed by atoms with E-state index < -0.39 is 0 Å². The molecule has 0 saturated carbocycles. The summed E-state index contributed by atoms with van der Waals surface area (Å²) in [4.78, 5) is 0. The summed E-state index contributed by atoms with van der Waals surface area (Å²) >= 11 is 6.09. The molecule has 0 aromatic heterocycles. The largest absolute Gasteiger partial charge is 0.207 e. The van der Waals surface area contributed by atoms with Gasteiger partial charge in [0.25, 0.3) is 0 Å². The summed E-state index contributed by atoms with van der Waals surface area (Å²) in [6, 6.07) is 6.47. The van der Waals surface area contributed by atoms with Crippen molar-refractivity contribution >= 4 is 17.2 Å². The lowest BCUT2D eigenvalue weighted by Gasteiger charge is -2.07. The molecule has 0 N–H and O–H groups in total. The van der Waals surface area contributed by atoms with Crippen LogP contribution in [-0.2, 0) is 0 Å². The van der Waals surface area contributed by atoms with Crippen LogP contribution in [-0.4, -0.2) is 0 Å². The third-order valence-corrected chi connectivity index (χ3v) is 2.68. The van der Waals surface area contributed by atoms with E-state index in [1.54, 1.807) is 12.1 Å². The average molecular weight is 213 g/mol. The van der Waals surface area contributed by atoms with Gasteiger partial charge in [-0.2, -0.15) is 0 Å². The zero-order valence-corrected chi connectivity index (χ0v) is 9.24. The molecular weight excluding hydrogens is 199 g/mol. The van der Waals surface area contributed by atoms with Crippen molar-refractivity contribution in [1.82, 2.24) is 0 Å². The van der Waals surface area contributed by atoms with Crippen LogP contribution in [0.5, 0.6) is 0 Å². The van der Waals surface area contributed by atoms with Crippen molar-refractivity contribution in [2.24, 2.45) is 0 Å². The Labute approximate surface area is 89.4 Å². The summed E-state index contributed by atoms with van der Waals surface area (Å²) in [5, 5.41) is 0.860. The van der Waals surface area contributed by atoms with Crippen LogP contribution in [0, 0.1) is 5.82 Å². The standard InChI is InChI=1S/C12H14ClF/c1-3-11(12(13)4-2)9-5-7-10(14)8-6-9/h5-8H,3-4H2,1-2H3. The summed E-state index contributed by atoms with van der Waals surface area (Å²) in [5.41, 5.74) is 2.12. The first-order valence-corrected chi connectivity index (χ1v) is 5.20. The van der Waals surface area contributed by atoms with Crippen LogP contribution >= 0.6 is 11.6 Å². The van der Waals surface area contributed by atoms with Crippen molar-refractivity contribution in [2.75, 3.05) is 0 Å². The van der Waals surface area contributed by atoms with Gasteiger partial charge >= 0.3 is 0 Å². The van der Waals surface area contributed by atoms with Gasteiger partial charge in [-0.1, -0.05) is 37.6 Å². The third-order valence-electron chi connectivity index (χ3n) is 2.18. The molecule has 0 aliphatic carbocycles. The van der Waals surface area contributed by atoms with Gasteiger partial charge in [0.1, 0.15) is 5.82 Å². The maximum Gasteiger partial charge on any atom is 0.123 e. The Balaban J connectivity index is 3.08. The smallest absolute Gasteiger partial charge is 0.123 e. The number of halogens is 2. The van der Waals surface area contributed by atoms with Gasteiger partial charge in [0, 0.05) is 5.03 Å². The van der Waals surface area contributed by atoms with E-state index in [9.17, 15) is 4.39 Å². The van der Waals surface area contributed by atoms with E-state index in [1.807, 2.05) is 6.92 Å². The Morgan fingerprint density at radius 3 is 2.14 bits per heavy atom. The van der Waals surface area contributed by atoms with Crippen molar-refractivity contribution in [1.29, 1.82) is 0 Å². The van der Waals surface area contributed by atoms with Gasteiger partial charge < -0.3 is 0 Å². The molecule has 0 saturated heterocycles. The summed E-state index contributed by atoms with van der Waals surface area (Å²) in [6.45, 7) is 4.07. The van der Waals surface area contributed by atoms with Crippen molar-refractivity contribution < 1.29 is 4.39 Å². The zero-order chi connectivity index (χ0) is 10.6. The van der Waals surface area contributed by atoms with Crippen LogP contribution in [0.15, 0.2) is 29.3 Å².